The molecule has 3 aromatic carbocycles. The highest BCUT2D eigenvalue weighted by atomic mass is 32.2. The van der Waals surface area contributed by atoms with Gasteiger partial charge in [0.15, 0.2) is 0 Å². The van der Waals surface area contributed by atoms with Gasteiger partial charge in [0.2, 0.25) is 5.91 Å². The predicted molar refractivity (Wildman–Crippen MR) is 119 cm³/mol. The Morgan fingerprint density at radius 3 is 2.69 bits per heavy atom. The first-order chi connectivity index (χ1) is 14.2. The summed E-state index contributed by atoms with van der Waals surface area (Å²) >= 11 is 3.12. The maximum absolute atomic E-state index is 12.6. The van der Waals surface area contributed by atoms with Gasteiger partial charge in [-0.15, -0.1) is 23.1 Å². The highest BCUT2D eigenvalue weighted by Gasteiger charge is 2.17. The zero-order valence-corrected chi connectivity index (χ0v) is 16.8. The molecule has 142 valence electrons. The molecule has 2 heterocycles. The van der Waals surface area contributed by atoms with Gasteiger partial charge in [0.25, 0.3) is 5.91 Å². The molecule has 4 aromatic rings. The number of carbonyl (C=O) groups is 2. The number of hydrogen-bond donors (Lipinski definition) is 2. The number of aromatic nitrogens is 1. The van der Waals surface area contributed by atoms with Gasteiger partial charge in [-0.05, 0) is 54.6 Å². The number of hydrogen-bond acceptors (Lipinski definition) is 5. The molecule has 0 saturated heterocycles. The fourth-order valence-corrected chi connectivity index (χ4v) is 4.88. The molecule has 0 atom stereocenters. The van der Waals surface area contributed by atoms with Crippen molar-refractivity contribution in [3.8, 4) is 10.6 Å². The fraction of sp³-hybridized carbons (Fsp3) is 0.0455. The summed E-state index contributed by atoms with van der Waals surface area (Å²) in [6, 6.07) is 21.1. The molecule has 2 amide bonds. The van der Waals surface area contributed by atoms with Crippen LogP contribution in [-0.4, -0.2) is 22.6 Å². The lowest BCUT2D eigenvalue weighted by atomic mass is 10.1. The normalized spacial score (nSPS) is 13.0. The number of anilines is 2. The van der Waals surface area contributed by atoms with Crippen LogP contribution in [0.2, 0.25) is 0 Å². The lowest BCUT2D eigenvalue weighted by molar-refractivity contribution is -0.113. The molecule has 29 heavy (non-hydrogen) atoms. The minimum Gasteiger partial charge on any atom is -0.324 e. The molecule has 1 aliphatic rings. The van der Waals surface area contributed by atoms with Crippen molar-refractivity contribution in [1.82, 2.24) is 4.98 Å². The second-order valence-corrected chi connectivity index (χ2v) is 8.61. The van der Waals surface area contributed by atoms with Crippen LogP contribution in [0.3, 0.4) is 0 Å². The molecule has 5 nitrogen and oxygen atoms in total. The van der Waals surface area contributed by atoms with E-state index in [2.05, 4.69) is 21.7 Å². The lowest BCUT2D eigenvalue weighted by Gasteiger charge is -2.17. The van der Waals surface area contributed by atoms with Gasteiger partial charge in [-0.25, -0.2) is 4.98 Å². The van der Waals surface area contributed by atoms with Crippen molar-refractivity contribution >= 4 is 56.5 Å². The first-order valence-corrected chi connectivity index (χ1v) is 10.8. The maximum atomic E-state index is 12.6. The smallest absolute Gasteiger partial charge is 0.255 e. The van der Waals surface area contributed by atoms with Gasteiger partial charge in [-0.3, -0.25) is 9.59 Å². The van der Waals surface area contributed by atoms with E-state index < -0.39 is 0 Å². The van der Waals surface area contributed by atoms with Gasteiger partial charge >= 0.3 is 0 Å². The molecule has 0 bridgehead atoms. The van der Waals surface area contributed by atoms with Gasteiger partial charge in [0, 0.05) is 21.7 Å². The Kier molecular flexibility index (Phi) is 4.54. The van der Waals surface area contributed by atoms with Crippen molar-refractivity contribution in [3.05, 3.63) is 72.3 Å². The number of fused-ring (bicyclic) bond motifs is 2. The third-order valence-corrected chi connectivity index (χ3v) is 6.72. The Hall–Kier alpha value is -3.16. The van der Waals surface area contributed by atoms with Crippen LogP contribution in [0, 0.1) is 0 Å². The Balaban J connectivity index is 1.34. The highest BCUT2D eigenvalue weighted by molar-refractivity contribution is 8.00. The standard InChI is InChI=1S/C22H15N3O2S2/c26-20-12-28-18-10-7-14(11-17(18)24-20)21(27)23-15-8-5-13(6-9-15)22-25-16-3-1-2-4-19(16)29-22/h1-11H,12H2,(H,23,27)(H,24,26). The van der Waals surface area contributed by atoms with Crippen molar-refractivity contribution in [2.75, 3.05) is 16.4 Å². The van der Waals surface area contributed by atoms with E-state index in [1.165, 1.54) is 11.8 Å². The minimum absolute atomic E-state index is 0.0505. The van der Waals surface area contributed by atoms with E-state index in [1.807, 2.05) is 48.5 Å². The summed E-state index contributed by atoms with van der Waals surface area (Å²) in [6.45, 7) is 0. The number of carbonyl (C=O) groups excluding carboxylic acids is 2. The molecule has 0 radical (unpaired) electrons. The van der Waals surface area contributed by atoms with Crippen LogP contribution in [0.4, 0.5) is 11.4 Å². The van der Waals surface area contributed by atoms with E-state index >= 15 is 0 Å². The number of amides is 2. The van der Waals surface area contributed by atoms with Gasteiger partial charge < -0.3 is 10.6 Å². The van der Waals surface area contributed by atoms with Crippen molar-refractivity contribution in [2.45, 2.75) is 4.90 Å². The summed E-state index contributed by atoms with van der Waals surface area (Å²) in [6.07, 6.45) is 0. The minimum atomic E-state index is -0.217. The number of rotatable bonds is 3. The summed E-state index contributed by atoms with van der Waals surface area (Å²) in [5.41, 5.74) is 3.89. The van der Waals surface area contributed by atoms with Gasteiger partial charge in [0.1, 0.15) is 5.01 Å². The summed E-state index contributed by atoms with van der Waals surface area (Å²) in [4.78, 5) is 29.8. The number of thioether (sulfide) groups is 1. The van der Waals surface area contributed by atoms with Gasteiger partial charge in [-0.1, -0.05) is 12.1 Å². The van der Waals surface area contributed by atoms with Gasteiger partial charge in [0.05, 0.1) is 21.7 Å². The van der Waals surface area contributed by atoms with Crippen LogP contribution in [-0.2, 0) is 4.79 Å². The monoisotopic (exact) mass is 417 g/mol. The molecule has 0 aliphatic carbocycles. The number of benzene rings is 3. The molecule has 1 aliphatic heterocycles. The molecule has 1 aromatic heterocycles. The summed E-state index contributed by atoms with van der Waals surface area (Å²) in [5.74, 6) is 0.135. The van der Waals surface area contributed by atoms with Crippen LogP contribution >= 0.6 is 23.1 Å². The third-order valence-electron chi connectivity index (χ3n) is 4.56. The number of thiazole rings is 1. The Morgan fingerprint density at radius 2 is 1.86 bits per heavy atom. The third kappa shape index (κ3) is 3.62. The first-order valence-electron chi connectivity index (χ1n) is 9.00. The first kappa shape index (κ1) is 17.9. The predicted octanol–water partition coefficient (Wildman–Crippen LogP) is 5.26. The highest BCUT2D eigenvalue weighted by Crippen LogP contribution is 2.33. The molecule has 5 rings (SSSR count). The molecular weight excluding hydrogens is 402 g/mol. The second-order valence-electron chi connectivity index (χ2n) is 6.57. The number of para-hydroxylation sites is 1. The summed E-state index contributed by atoms with van der Waals surface area (Å²) in [5, 5.41) is 6.67. The average Bonchev–Trinajstić information content (AvgIpc) is 3.18. The Labute approximate surface area is 175 Å². The number of nitrogens with one attached hydrogen (secondary N) is 2. The second kappa shape index (κ2) is 7.35. The molecule has 2 N–H and O–H groups in total. The number of nitrogens with zero attached hydrogens (tertiary/aromatic N) is 1. The van der Waals surface area contributed by atoms with Gasteiger partial charge in [-0.2, -0.15) is 0 Å². The molecule has 0 saturated carbocycles. The SMILES string of the molecule is O=C1CSc2ccc(C(=O)Nc3ccc(-c4nc5ccccc5s4)cc3)cc2N1. The van der Waals surface area contributed by atoms with Crippen molar-refractivity contribution in [3.63, 3.8) is 0 Å². The zero-order valence-electron chi connectivity index (χ0n) is 15.1. The Morgan fingerprint density at radius 1 is 1.03 bits per heavy atom. The molecule has 0 spiro atoms. The van der Waals surface area contributed by atoms with E-state index in [0.29, 0.717) is 22.7 Å². The van der Waals surface area contributed by atoms with E-state index in [4.69, 9.17) is 0 Å². The average molecular weight is 418 g/mol. The molecular formula is C22H15N3O2S2. The zero-order chi connectivity index (χ0) is 19.8. The van der Waals surface area contributed by atoms with Crippen LogP contribution < -0.4 is 10.6 Å². The van der Waals surface area contributed by atoms with Crippen LogP contribution in [0.25, 0.3) is 20.8 Å². The van der Waals surface area contributed by atoms with E-state index in [1.54, 1.807) is 23.5 Å². The molecule has 0 unspecified atom stereocenters. The van der Waals surface area contributed by atoms with Crippen LogP contribution in [0.15, 0.2) is 71.6 Å². The largest absolute Gasteiger partial charge is 0.324 e. The van der Waals surface area contributed by atoms with Crippen LogP contribution in [0.1, 0.15) is 10.4 Å². The topological polar surface area (TPSA) is 71.1 Å². The summed E-state index contributed by atoms with van der Waals surface area (Å²) < 4.78 is 1.15. The quantitative estimate of drug-likeness (QED) is 0.477. The maximum Gasteiger partial charge on any atom is 0.255 e. The van der Waals surface area contributed by atoms with E-state index in [-0.39, 0.29) is 11.8 Å². The Bertz CT molecular complexity index is 1220. The van der Waals surface area contributed by atoms with Crippen LogP contribution in [0.5, 0.6) is 0 Å². The molecule has 0 fully saturated rings. The summed E-state index contributed by atoms with van der Waals surface area (Å²) in [7, 11) is 0. The van der Waals surface area contributed by atoms with Crippen molar-refractivity contribution in [2.24, 2.45) is 0 Å². The van der Waals surface area contributed by atoms with Crippen molar-refractivity contribution in [1.29, 1.82) is 0 Å². The van der Waals surface area contributed by atoms with E-state index in [0.717, 1.165) is 25.7 Å². The molecule has 7 heteroatoms. The van der Waals surface area contributed by atoms with Crippen molar-refractivity contribution < 1.29 is 9.59 Å². The lowest BCUT2D eigenvalue weighted by Crippen LogP contribution is -2.19. The fourth-order valence-electron chi connectivity index (χ4n) is 3.12. The van der Waals surface area contributed by atoms with E-state index in [9.17, 15) is 9.59 Å².